The molecule has 0 N–H and O–H groups in total. The van der Waals surface area contributed by atoms with E-state index in [9.17, 15) is 4.79 Å². The quantitative estimate of drug-likeness (QED) is 0.627. The summed E-state index contributed by atoms with van der Waals surface area (Å²) in [4.78, 5) is 28.4. The first kappa shape index (κ1) is 20.1. The van der Waals surface area contributed by atoms with E-state index >= 15 is 0 Å². The Bertz CT molecular complexity index is 986. The molecule has 3 aromatic rings. The van der Waals surface area contributed by atoms with Crippen LogP contribution in [0.4, 0.5) is 0 Å². The molecule has 0 aliphatic carbocycles. The molecule has 0 saturated carbocycles. The summed E-state index contributed by atoms with van der Waals surface area (Å²) < 4.78 is 7.68. The lowest BCUT2D eigenvalue weighted by molar-refractivity contribution is -0.134. The van der Waals surface area contributed by atoms with Crippen LogP contribution in [0.15, 0.2) is 55.1 Å². The van der Waals surface area contributed by atoms with Crippen molar-refractivity contribution in [3.63, 3.8) is 0 Å². The summed E-state index contributed by atoms with van der Waals surface area (Å²) in [6, 6.07) is 9.43. The highest BCUT2D eigenvalue weighted by molar-refractivity contribution is 5.78. The Morgan fingerprint density at radius 3 is 2.73 bits per heavy atom. The summed E-state index contributed by atoms with van der Waals surface area (Å²) >= 11 is 0. The third-order valence-corrected chi connectivity index (χ3v) is 5.39. The third-order valence-electron chi connectivity index (χ3n) is 5.39. The zero-order chi connectivity index (χ0) is 20.9. The molecular weight excluding hydrogens is 378 g/mol. The van der Waals surface area contributed by atoms with Gasteiger partial charge in [-0.15, -0.1) is 0 Å². The fraction of sp³-hybridized carbons (Fsp3) is 0.391. The lowest BCUT2D eigenvalue weighted by Gasteiger charge is -2.33. The van der Waals surface area contributed by atoms with Crippen LogP contribution in [-0.2, 0) is 4.79 Å². The molecule has 0 spiro atoms. The van der Waals surface area contributed by atoms with Gasteiger partial charge in [-0.1, -0.05) is 32.0 Å². The predicted octanol–water partition coefficient (Wildman–Crippen LogP) is 3.57. The molecule has 156 valence electrons. The lowest BCUT2D eigenvalue weighted by Crippen LogP contribution is -2.42. The SMILES string of the molecule is CC(C)c1nccn1-c1nccnc1[C@H]1CCCN(C(=O)COc2ccccc2)C1. The van der Waals surface area contributed by atoms with Gasteiger partial charge in [-0.25, -0.2) is 9.97 Å². The van der Waals surface area contributed by atoms with Crippen molar-refractivity contribution in [2.45, 2.75) is 38.5 Å². The van der Waals surface area contributed by atoms with Gasteiger partial charge in [-0.3, -0.25) is 14.3 Å². The average molecular weight is 406 g/mol. The van der Waals surface area contributed by atoms with Crippen LogP contribution in [0.1, 0.15) is 50.0 Å². The number of para-hydroxylation sites is 1. The second-order valence-electron chi connectivity index (χ2n) is 7.86. The highest BCUT2D eigenvalue weighted by Crippen LogP contribution is 2.30. The monoisotopic (exact) mass is 405 g/mol. The summed E-state index contributed by atoms with van der Waals surface area (Å²) in [5.74, 6) is 2.87. The zero-order valence-corrected chi connectivity index (χ0v) is 17.4. The molecule has 0 bridgehead atoms. The van der Waals surface area contributed by atoms with Crippen LogP contribution >= 0.6 is 0 Å². The molecule has 1 saturated heterocycles. The van der Waals surface area contributed by atoms with Crippen LogP contribution in [0.3, 0.4) is 0 Å². The first-order valence-corrected chi connectivity index (χ1v) is 10.4. The maximum atomic E-state index is 12.8. The molecule has 30 heavy (non-hydrogen) atoms. The minimum absolute atomic E-state index is 0.000469. The minimum atomic E-state index is -0.000469. The standard InChI is InChI=1S/C23H27N5O2/c1-17(2)22-26-12-14-28(22)23-21(24-10-11-25-23)18-7-6-13-27(15-18)20(29)16-30-19-8-4-3-5-9-19/h3-5,8-12,14,17-18H,6-7,13,15-16H2,1-2H3/t18-/m0/s1. The van der Waals surface area contributed by atoms with Crippen molar-refractivity contribution in [2.24, 2.45) is 0 Å². The number of nitrogens with zero attached hydrogens (tertiary/aromatic N) is 5. The number of hydrogen-bond acceptors (Lipinski definition) is 5. The third kappa shape index (κ3) is 4.35. The summed E-state index contributed by atoms with van der Waals surface area (Å²) in [7, 11) is 0. The molecule has 0 unspecified atom stereocenters. The molecule has 3 heterocycles. The lowest BCUT2D eigenvalue weighted by atomic mass is 9.94. The topological polar surface area (TPSA) is 73.1 Å². The predicted molar refractivity (Wildman–Crippen MR) is 114 cm³/mol. The van der Waals surface area contributed by atoms with E-state index in [-0.39, 0.29) is 24.3 Å². The first-order chi connectivity index (χ1) is 14.6. The van der Waals surface area contributed by atoms with Gasteiger partial charge >= 0.3 is 0 Å². The average Bonchev–Trinajstić information content (AvgIpc) is 3.28. The largest absolute Gasteiger partial charge is 0.484 e. The fourth-order valence-corrected chi connectivity index (χ4v) is 3.92. The Kier molecular flexibility index (Phi) is 6.07. The highest BCUT2D eigenvalue weighted by atomic mass is 16.5. The van der Waals surface area contributed by atoms with Crippen molar-refractivity contribution in [3.8, 4) is 11.6 Å². The number of amides is 1. The number of hydrogen-bond donors (Lipinski definition) is 0. The van der Waals surface area contributed by atoms with Gasteiger partial charge in [0.05, 0.1) is 5.69 Å². The Morgan fingerprint density at radius 1 is 1.13 bits per heavy atom. The summed E-state index contributed by atoms with van der Waals surface area (Å²) in [6.07, 6.45) is 9.07. The smallest absolute Gasteiger partial charge is 0.260 e. The van der Waals surface area contributed by atoms with Crippen LogP contribution < -0.4 is 4.74 Å². The van der Waals surface area contributed by atoms with Crippen LogP contribution in [0.5, 0.6) is 5.75 Å². The van der Waals surface area contributed by atoms with Gasteiger partial charge in [0.2, 0.25) is 0 Å². The van der Waals surface area contributed by atoms with Crippen molar-refractivity contribution in [2.75, 3.05) is 19.7 Å². The van der Waals surface area contributed by atoms with Gasteiger partial charge in [0, 0.05) is 49.7 Å². The number of ether oxygens (including phenoxy) is 1. The number of aromatic nitrogens is 4. The Balaban J connectivity index is 1.50. The van der Waals surface area contributed by atoms with Gasteiger partial charge in [-0.05, 0) is 25.0 Å². The molecule has 4 rings (SSSR count). The van der Waals surface area contributed by atoms with Gasteiger partial charge in [0.1, 0.15) is 11.6 Å². The number of carbonyl (C=O) groups is 1. The highest BCUT2D eigenvalue weighted by Gasteiger charge is 2.29. The molecule has 0 radical (unpaired) electrons. The molecule has 1 aliphatic heterocycles. The van der Waals surface area contributed by atoms with Gasteiger partial charge in [0.25, 0.3) is 5.91 Å². The number of piperidine rings is 1. The molecule has 1 aromatic carbocycles. The van der Waals surface area contributed by atoms with Crippen LogP contribution in [-0.4, -0.2) is 50.0 Å². The molecular formula is C23H27N5O2. The molecule has 1 atom stereocenters. The van der Waals surface area contributed by atoms with E-state index < -0.39 is 0 Å². The van der Waals surface area contributed by atoms with Gasteiger partial charge < -0.3 is 9.64 Å². The van der Waals surface area contributed by atoms with Gasteiger partial charge in [0.15, 0.2) is 12.4 Å². The van der Waals surface area contributed by atoms with E-state index in [0.29, 0.717) is 12.3 Å². The van der Waals surface area contributed by atoms with Crippen LogP contribution in [0.25, 0.3) is 5.82 Å². The van der Waals surface area contributed by atoms with Crippen LogP contribution in [0, 0.1) is 0 Å². The van der Waals surface area contributed by atoms with E-state index in [4.69, 9.17) is 4.74 Å². The second kappa shape index (κ2) is 9.07. The number of rotatable bonds is 6. The van der Waals surface area contributed by atoms with E-state index in [2.05, 4.69) is 28.8 Å². The van der Waals surface area contributed by atoms with Crippen molar-refractivity contribution in [1.29, 1.82) is 0 Å². The van der Waals surface area contributed by atoms with E-state index in [1.807, 2.05) is 46.0 Å². The normalized spacial score (nSPS) is 16.6. The van der Waals surface area contributed by atoms with Crippen LogP contribution in [0.2, 0.25) is 0 Å². The van der Waals surface area contributed by atoms with Crippen molar-refractivity contribution >= 4 is 5.91 Å². The Hall–Kier alpha value is -3.22. The van der Waals surface area contributed by atoms with E-state index in [0.717, 1.165) is 36.7 Å². The fourth-order valence-electron chi connectivity index (χ4n) is 3.92. The van der Waals surface area contributed by atoms with Crippen molar-refractivity contribution in [1.82, 2.24) is 24.4 Å². The summed E-state index contributed by atoms with van der Waals surface area (Å²) in [5, 5.41) is 0. The maximum Gasteiger partial charge on any atom is 0.260 e. The number of imidazole rings is 1. The Labute approximate surface area is 176 Å². The zero-order valence-electron chi connectivity index (χ0n) is 17.4. The molecule has 7 nitrogen and oxygen atoms in total. The number of carbonyl (C=O) groups excluding carboxylic acids is 1. The molecule has 7 heteroatoms. The molecule has 1 aliphatic rings. The van der Waals surface area contributed by atoms with E-state index in [1.54, 1.807) is 18.6 Å². The molecule has 1 amide bonds. The Morgan fingerprint density at radius 2 is 1.93 bits per heavy atom. The minimum Gasteiger partial charge on any atom is -0.484 e. The number of benzene rings is 1. The van der Waals surface area contributed by atoms with Gasteiger partial charge in [-0.2, -0.15) is 0 Å². The van der Waals surface area contributed by atoms with E-state index in [1.165, 1.54) is 0 Å². The molecule has 2 aromatic heterocycles. The first-order valence-electron chi connectivity index (χ1n) is 10.4. The maximum absolute atomic E-state index is 12.8. The summed E-state index contributed by atoms with van der Waals surface area (Å²) in [5.41, 5.74) is 0.916. The summed E-state index contributed by atoms with van der Waals surface area (Å²) in [6.45, 7) is 5.63. The molecule has 1 fully saturated rings. The van der Waals surface area contributed by atoms with Crippen molar-refractivity contribution in [3.05, 3.63) is 66.6 Å². The second-order valence-corrected chi connectivity index (χ2v) is 7.86. The number of likely N-dealkylation sites (tertiary alicyclic amines) is 1. The van der Waals surface area contributed by atoms with Crippen molar-refractivity contribution < 1.29 is 9.53 Å².